The lowest BCUT2D eigenvalue weighted by molar-refractivity contribution is -0.132. The summed E-state index contributed by atoms with van der Waals surface area (Å²) in [7, 11) is 0. The van der Waals surface area contributed by atoms with Gasteiger partial charge in [-0.05, 0) is 20.8 Å². The molecule has 1 heterocycles. The third-order valence-corrected chi connectivity index (χ3v) is 2.44. The van der Waals surface area contributed by atoms with Crippen LogP contribution in [0.5, 0.6) is 0 Å². The number of rotatable bonds is 5. The summed E-state index contributed by atoms with van der Waals surface area (Å²) >= 11 is 0. The van der Waals surface area contributed by atoms with Gasteiger partial charge in [0.05, 0.1) is 6.20 Å². The quantitative estimate of drug-likeness (QED) is 0.744. The van der Waals surface area contributed by atoms with Crippen LogP contribution < -0.4 is 5.32 Å². The lowest BCUT2D eigenvalue weighted by Crippen LogP contribution is -2.46. The van der Waals surface area contributed by atoms with E-state index in [0.717, 1.165) is 0 Å². The van der Waals surface area contributed by atoms with Gasteiger partial charge < -0.3 is 10.2 Å². The second-order valence-corrected chi connectivity index (χ2v) is 3.56. The van der Waals surface area contributed by atoms with E-state index in [-0.39, 0.29) is 11.6 Å². The molecule has 7 heteroatoms. The van der Waals surface area contributed by atoms with Crippen molar-refractivity contribution in [3.8, 4) is 0 Å². The van der Waals surface area contributed by atoms with Crippen LogP contribution in [0.25, 0.3) is 0 Å². The molecule has 94 valence electrons. The van der Waals surface area contributed by atoms with Crippen molar-refractivity contribution in [3.63, 3.8) is 0 Å². The molecule has 0 aliphatic heterocycles. The SMILES string of the molecule is CCN(CC)C(=O)C(C)NC(=O)c1cn[nH]n1. The molecule has 1 aromatic heterocycles. The molecule has 1 atom stereocenters. The van der Waals surface area contributed by atoms with Crippen molar-refractivity contribution in [2.75, 3.05) is 13.1 Å². The van der Waals surface area contributed by atoms with Crippen LogP contribution in [0, 0.1) is 0 Å². The van der Waals surface area contributed by atoms with Crippen molar-refractivity contribution in [2.45, 2.75) is 26.8 Å². The summed E-state index contributed by atoms with van der Waals surface area (Å²) in [6.07, 6.45) is 1.31. The van der Waals surface area contributed by atoms with Crippen LogP contribution in [0.4, 0.5) is 0 Å². The van der Waals surface area contributed by atoms with Crippen molar-refractivity contribution in [1.82, 2.24) is 25.6 Å². The van der Waals surface area contributed by atoms with E-state index in [9.17, 15) is 9.59 Å². The maximum Gasteiger partial charge on any atom is 0.274 e. The summed E-state index contributed by atoms with van der Waals surface area (Å²) in [4.78, 5) is 25.2. The standard InChI is InChI=1S/C10H17N5O2/c1-4-15(5-2)10(17)7(3)12-9(16)8-6-11-14-13-8/h6-7H,4-5H2,1-3H3,(H,12,16)(H,11,13,14). The summed E-state index contributed by atoms with van der Waals surface area (Å²) in [6.45, 7) is 6.69. The zero-order valence-corrected chi connectivity index (χ0v) is 10.2. The molecule has 0 aliphatic carbocycles. The fourth-order valence-corrected chi connectivity index (χ4v) is 1.45. The van der Waals surface area contributed by atoms with Crippen LogP contribution in [-0.2, 0) is 4.79 Å². The molecule has 17 heavy (non-hydrogen) atoms. The Morgan fingerprint density at radius 2 is 2.12 bits per heavy atom. The first kappa shape index (κ1) is 13.1. The first-order valence-electron chi connectivity index (χ1n) is 5.55. The molecule has 1 unspecified atom stereocenters. The minimum atomic E-state index is -0.570. The summed E-state index contributed by atoms with van der Waals surface area (Å²) < 4.78 is 0. The molecular weight excluding hydrogens is 222 g/mol. The van der Waals surface area contributed by atoms with Gasteiger partial charge in [0.2, 0.25) is 5.91 Å². The number of nitrogens with one attached hydrogen (secondary N) is 2. The third kappa shape index (κ3) is 3.27. The van der Waals surface area contributed by atoms with Gasteiger partial charge in [-0.3, -0.25) is 9.59 Å². The zero-order valence-electron chi connectivity index (χ0n) is 10.2. The van der Waals surface area contributed by atoms with Crippen molar-refractivity contribution >= 4 is 11.8 Å². The van der Waals surface area contributed by atoms with Crippen molar-refractivity contribution in [1.29, 1.82) is 0 Å². The highest BCUT2D eigenvalue weighted by molar-refractivity contribution is 5.95. The summed E-state index contributed by atoms with van der Waals surface area (Å²) in [5.74, 6) is -0.515. The highest BCUT2D eigenvalue weighted by Crippen LogP contribution is 1.97. The molecule has 0 saturated heterocycles. The summed E-state index contributed by atoms with van der Waals surface area (Å²) in [5.41, 5.74) is 0.171. The molecule has 1 aromatic rings. The molecule has 2 amide bonds. The van der Waals surface area contributed by atoms with Gasteiger partial charge in [-0.15, -0.1) is 0 Å². The molecule has 0 saturated carbocycles. The van der Waals surface area contributed by atoms with E-state index in [0.29, 0.717) is 13.1 Å². The number of amides is 2. The number of carbonyl (C=O) groups is 2. The summed E-state index contributed by atoms with van der Waals surface area (Å²) in [5, 5.41) is 12.1. The lowest BCUT2D eigenvalue weighted by atomic mass is 10.2. The zero-order chi connectivity index (χ0) is 12.8. The van der Waals surface area contributed by atoms with Gasteiger partial charge >= 0.3 is 0 Å². The summed E-state index contributed by atoms with van der Waals surface area (Å²) in [6, 6.07) is -0.570. The van der Waals surface area contributed by atoms with E-state index < -0.39 is 11.9 Å². The number of aromatic amines is 1. The van der Waals surface area contributed by atoms with Gasteiger partial charge in [0.15, 0.2) is 5.69 Å². The van der Waals surface area contributed by atoms with Crippen LogP contribution in [0.3, 0.4) is 0 Å². The molecule has 2 N–H and O–H groups in total. The molecule has 0 fully saturated rings. The fourth-order valence-electron chi connectivity index (χ4n) is 1.45. The van der Waals surface area contributed by atoms with Crippen LogP contribution in [0.1, 0.15) is 31.3 Å². The Kier molecular flexibility index (Phi) is 4.62. The minimum absolute atomic E-state index is 0.105. The number of nitrogens with zero attached hydrogens (tertiary/aromatic N) is 3. The minimum Gasteiger partial charge on any atom is -0.341 e. The van der Waals surface area contributed by atoms with Crippen molar-refractivity contribution in [2.24, 2.45) is 0 Å². The van der Waals surface area contributed by atoms with E-state index in [2.05, 4.69) is 20.7 Å². The Morgan fingerprint density at radius 1 is 1.47 bits per heavy atom. The van der Waals surface area contributed by atoms with Gasteiger partial charge in [0, 0.05) is 13.1 Å². The molecule has 0 radical (unpaired) electrons. The maximum atomic E-state index is 11.9. The lowest BCUT2D eigenvalue weighted by Gasteiger charge is -2.23. The van der Waals surface area contributed by atoms with Crippen LogP contribution >= 0.6 is 0 Å². The number of aromatic nitrogens is 3. The Morgan fingerprint density at radius 3 is 2.59 bits per heavy atom. The Labute approximate surface area is 99.6 Å². The monoisotopic (exact) mass is 239 g/mol. The van der Waals surface area contributed by atoms with E-state index in [1.807, 2.05) is 13.8 Å². The second-order valence-electron chi connectivity index (χ2n) is 3.56. The Bertz CT molecular complexity index is 372. The van der Waals surface area contributed by atoms with E-state index in [1.165, 1.54) is 6.20 Å². The molecule has 0 spiro atoms. The third-order valence-electron chi connectivity index (χ3n) is 2.44. The first-order valence-corrected chi connectivity index (χ1v) is 5.55. The highest BCUT2D eigenvalue weighted by atomic mass is 16.2. The second kappa shape index (κ2) is 5.97. The van der Waals surface area contributed by atoms with Gasteiger partial charge in [-0.1, -0.05) is 0 Å². The number of H-pyrrole nitrogens is 1. The molecule has 1 rings (SSSR count). The number of hydrogen-bond donors (Lipinski definition) is 2. The molecular formula is C10H17N5O2. The fraction of sp³-hybridized carbons (Fsp3) is 0.600. The molecule has 7 nitrogen and oxygen atoms in total. The van der Waals surface area contributed by atoms with E-state index in [4.69, 9.17) is 0 Å². The van der Waals surface area contributed by atoms with Gasteiger partial charge in [-0.25, -0.2) is 0 Å². The molecule has 0 aromatic carbocycles. The topological polar surface area (TPSA) is 91.0 Å². The van der Waals surface area contributed by atoms with E-state index >= 15 is 0 Å². The predicted molar refractivity (Wildman–Crippen MR) is 61.2 cm³/mol. The van der Waals surface area contributed by atoms with Crippen molar-refractivity contribution in [3.05, 3.63) is 11.9 Å². The number of likely N-dealkylation sites (N-methyl/N-ethyl adjacent to an activating group) is 1. The van der Waals surface area contributed by atoms with Crippen LogP contribution in [0.2, 0.25) is 0 Å². The number of hydrogen-bond acceptors (Lipinski definition) is 4. The highest BCUT2D eigenvalue weighted by Gasteiger charge is 2.21. The normalized spacial score (nSPS) is 11.9. The average molecular weight is 239 g/mol. The molecule has 0 aliphatic rings. The largest absolute Gasteiger partial charge is 0.341 e. The van der Waals surface area contributed by atoms with Gasteiger partial charge in [0.1, 0.15) is 6.04 Å². The average Bonchev–Trinajstić information content (AvgIpc) is 2.83. The predicted octanol–water partition coefficient (Wildman–Crippen LogP) is -0.209. The smallest absolute Gasteiger partial charge is 0.274 e. The van der Waals surface area contributed by atoms with E-state index in [1.54, 1.807) is 11.8 Å². The van der Waals surface area contributed by atoms with Gasteiger partial charge in [-0.2, -0.15) is 15.4 Å². The van der Waals surface area contributed by atoms with Crippen LogP contribution in [0.15, 0.2) is 6.20 Å². The Balaban J connectivity index is 2.57. The first-order chi connectivity index (χ1) is 8.10. The van der Waals surface area contributed by atoms with Crippen LogP contribution in [-0.4, -0.2) is 51.3 Å². The molecule has 0 bridgehead atoms. The maximum absolute atomic E-state index is 11.9. The number of carbonyl (C=O) groups excluding carboxylic acids is 2. The van der Waals surface area contributed by atoms with Gasteiger partial charge in [0.25, 0.3) is 5.91 Å². The Hall–Kier alpha value is -1.92. The van der Waals surface area contributed by atoms with Crippen molar-refractivity contribution < 1.29 is 9.59 Å².